The first-order chi connectivity index (χ1) is 20.3. The van der Waals surface area contributed by atoms with Crippen molar-refractivity contribution in [1.29, 1.82) is 0 Å². The minimum atomic E-state index is -10.5. The van der Waals surface area contributed by atoms with Crippen molar-refractivity contribution in [1.82, 2.24) is 5.32 Å². The Morgan fingerprint density at radius 1 is 0.717 bits per heavy atom. The number of hydrogen-bond acceptors (Lipinski definition) is 8. The zero-order valence-corrected chi connectivity index (χ0v) is 27.9. The zero-order chi connectivity index (χ0) is 35.2. The van der Waals surface area contributed by atoms with Crippen LogP contribution >= 0.6 is 10.2 Å². The number of amides is 1. The van der Waals surface area contributed by atoms with Crippen molar-refractivity contribution in [3.63, 3.8) is 0 Å². The molecule has 2 aromatic rings. The molecule has 2 saturated heterocycles. The number of carboxylic acids is 1. The van der Waals surface area contributed by atoms with E-state index in [0.717, 1.165) is 18.2 Å². The molecule has 0 unspecified atom stereocenters. The lowest BCUT2D eigenvalue weighted by molar-refractivity contribution is -0.135. The van der Waals surface area contributed by atoms with Crippen molar-refractivity contribution in [3.8, 4) is 0 Å². The number of rotatable bonds is 8. The normalized spacial score (nSPS) is 21.8. The number of nitrogens with one attached hydrogen (secondary N) is 1. The van der Waals surface area contributed by atoms with E-state index in [4.69, 9.17) is 23.7 Å². The van der Waals surface area contributed by atoms with E-state index < -0.39 is 101 Å². The summed E-state index contributed by atoms with van der Waals surface area (Å²) in [5, 5.41) is 11.1. The van der Waals surface area contributed by atoms with Gasteiger partial charge in [0.15, 0.2) is 0 Å². The minimum Gasteiger partial charge on any atom is -0.480 e. The summed E-state index contributed by atoms with van der Waals surface area (Å²) < 4.78 is 122. The van der Waals surface area contributed by atoms with Crippen LogP contribution in [0.2, 0.25) is 0 Å². The predicted molar refractivity (Wildman–Crippen MR) is 161 cm³/mol. The van der Waals surface area contributed by atoms with Gasteiger partial charge in [-0.25, -0.2) is 8.42 Å². The highest BCUT2D eigenvalue weighted by Crippen LogP contribution is 3.02. The van der Waals surface area contributed by atoms with Crippen LogP contribution in [0, 0.1) is 0 Å². The molecule has 2 fully saturated rings. The molecular formula is C27H34B2F5NO9S2. The summed E-state index contributed by atoms with van der Waals surface area (Å²) in [7, 11) is -18.5. The highest BCUT2D eigenvalue weighted by molar-refractivity contribution is 8.45. The summed E-state index contributed by atoms with van der Waals surface area (Å²) in [5.74, 6) is -2.46. The number of carboxylic acid groups (broad SMARTS) is 1. The molecule has 2 aromatic carbocycles. The molecule has 2 aliphatic heterocycles. The quantitative estimate of drug-likeness (QED) is 0.300. The first-order valence-corrected chi connectivity index (χ1v) is 17.3. The third-order valence-electron chi connectivity index (χ3n) is 8.61. The van der Waals surface area contributed by atoms with Crippen molar-refractivity contribution in [2.24, 2.45) is 0 Å². The molecule has 19 heteroatoms. The molecule has 0 radical (unpaired) electrons. The Bertz CT molecular complexity index is 1700. The van der Waals surface area contributed by atoms with Crippen molar-refractivity contribution in [2.45, 2.75) is 92.5 Å². The van der Waals surface area contributed by atoms with Gasteiger partial charge < -0.3 is 29.0 Å². The van der Waals surface area contributed by atoms with Gasteiger partial charge in [-0.3, -0.25) is 9.59 Å². The van der Waals surface area contributed by atoms with Crippen LogP contribution in [0.25, 0.3) is 0 Å². The third-order valence-corrected chi connectivity index (χ3v) is 11.4. The van der Waals surface area contributed by atoms with Crippen molar-refractivity contribution in [2.75, 3.05) is 6.54 Å². The Labute approximate surface area is 264 Å². The molecule has 0 spiro atoms. The second-order valence-electron chi connectivity index (χ2n) is 13.3. The molecule has 46 heavy (non-hydrogen) atoms. The Kier molecular flexibility index (Phi) is 7.98. The highest BCUT2D eigenvalue weighted by Gasteiger charge is 2.66. The lowest BCUT2D eigenvalue weighted by Gasteiger charge is -2.41. The number of hydrogen-bond donors (Lipinski definition) is 2. The molecule has 0 atom stereocenters. The highest BCUT2D eigenvalue weighted by atomic mass is 32.5. The van der Waals surface area contributed by atoms with Crippen molar-refractivity contribution >= 4 is 57.1 Å². The number of sulfone groups is 1. The molecule has 254 valence electrons. The fourth-order valence-corrected chi connectivity index (χ4v) is 6.71. The number of benzene rings is 2. The SMILES string of the molecule is CC1(C)OB(c2cc(C(=O)NCC(=O)O)cc(S(=O)(=O)c3cc(B4OC(C)(C)C(C)(C)O4)cc(S(F)(F)(F)(F)F)c3)c2)OC1(C)C. The third kappa shape index (κ3) is 6.94. The molecule has 2 aliphatic rings. The van der Waals surface area contributed by atoms with Crippen molar-refractivity contribution < 1.29 is 61.2 Å². The fourth-order valence-electron chi connectivity index (χ4n) is 4.50. The predicted octanol–water partition coefficient (Wildman–Crippen LogP) is 4.59. The average Bonchev–Trinajstić information content (AvgIpc) is 3.24. The molecule has 0 aliphatic carbocycles. The molecule has 10 nitrogen and oxygen atoms in total. The monoisotopic (exact) mass is 697 g/mol. The lowest BCUT2D eigenvalue weighted by Crippen LogP contribution is -2.41. The van der Waals surface area contributed by atoms with Gasteiger partial charge in [0.05, 0.1) is 32.2 Å². The Morgan fingerprint density at radius 2 is 1.11 bits per heavy atom. The molecule has 2 N–H and O–H groups in total. The Balaban J connectivity index is 1.93. The van der Waals surface area contributed by atoms with E-state index in [0.29, 0.717) is 0 Å². The fraction of sp³-hybridized carbons (Fsp3) is 0.481. The summed E-state index contributed by atoms with van der Waals surface area (Å²) in [4.78, 5) is 19.4. The van der Waals surface area contributed by atoms with Gasteiger partial charge in [-0.15, -0.1) is 0 Å². The van der Waals surface area contributed by atoms with Gasteiger partial charge >= 0.3 is 30.4 Å². The van der Waals surface area contributed by atoms with E-state index in [2.05, 4.69) is 5.32 Å². The molecule has 0 aromatic heterocycles. The molecule has 0 bridgehead atoms. The van der Waals surface area contributed by atoms with E-state index >= 15 is 0 Å². The lowest BCUT2D eigenvalue weighted by atomic mass is 9.78. The summed E-state index contributed by atoms with van der Waals surface area (Å²) in [6.07, 6.45) is 0. The zero-order valence-electron chi connectivity index (χ0n) is 26.2. The largest absolute Gasteiger partial charge is 0.494 e. The molecule has 0 saturated carbocycles. The van der Waals surface area contributed by atoms with E-state index in [9.17, 15) is 37.4 Å². The second-order valence-corrected chi connectivity index (χ2v) is 17.6. The Hall–Kier alpha value is -2.70. The van der Waals surface area contributed by atoms with Crippen LogP contribution in [-0.2, 0) is 33.2 Å². The smallest absolute Gasteiger partial charge is 0.480 e. The second kappa shape index (κ2) is 10.2. The van der Waals surface area contributed by atoms with Crippen LogP contribution in [0.3, 0.4) is 0 Å². The Morgan fingerprint density at radius 3 is 1.50 bits per heavy atom. The van der Waals surface area contributed by atoms with Gasteiger partial charge in [0.2, 0.25) is 9.84 Å². The summed E-state index contributed by atoms with van der Waals surface area (Å²) in [5.41, 5.74) is -5.22. The first-order valence-electron chi connectivity index (χ1n) is 13.9. The molecule has 1 amide bonds. The molecule has 4 rings (SSSR count). The van der Waals surface area contributed by atoms with Gasteiger partial charge in [0, 0.05) is 5.56 Å². The maximum Gasteiger partial charge on any atom is 0.494 e. The van der Waals surface area contributed by atoms with Gasteiger partial charge in [0.25, 0.3) is 5.91 Å². The van der Waals surface area contributed by atoms with Crippen LogP contribution in [0.4, 0.5) is 19.4 Å². The van der Waals surface area contributed by atoms with E-state index in [1.165, 1.54) is 6.07 Å². The van der Waals surface area contributed by atoms with Crippen LogP contribution in [0.1, 0.15) is 65.7 Å². The number of carbonyl (C=O) groups excluding carboxylic acids is 1. The number of aliphatic carboxylic acids is 1. The minimum absolute atomic E-state index is 0.0600. The number of halogens is 5. The van der Waals surface area contributed by atoms with Crippen LogP contribution in [0.15, 0.2) is 51.1 Å². The van der Waals surface area contributed by atoms with E-state index in [-0.39, 0.29) is 17.6 Å². The van der Waals surface area contributed by atoms with Crippen LogP contribution in [-0.4, -0.2) is 68.6 Å². The van der Waals surface area contributed by atoms with Gasteiger partial charge in [-0.2, -0.15) is 0 Å². The van der Waals surface area contributed by atoms with Gasteiger partial charge in [0.1, 0.15) is 11.4 Å². The van der Waals surface area contributed by atoms with Gasteiger partial charge in [-0.1, -0.05) is 19.4 Å². The van der Waals surface area contributed by atoms with Crippen molar-refractivity contribution in [3.05, 3.63) is 42.0 Å². The maximum absolute atomic E-state index is 14.2. The van der Waals surface area contributed by atoms with Gasteiger partial charge in [-0.05, 0) is 103 Å². The van der Waals surface area contributed by atoms with Crippen LogP contribution in [0.5, 0.6) is 0 Å². The van der Waals surface area contributed by atoms with E-state index in [1.54, 1.807) is 55.4 Å². The molecular weight excluding hydrogens is 663 g/mol. The van der Waals surface area contributed by atoms with Crippen LogP contribution < -0.4 is 16.2 Å². The standard InChI is InChI=1S/C27H34B2F5NO9S2/c1-24(2)25(3,4)42-28(41-24)17-9-16(23(38)35-15-22(36)37)10-19(11-17)45(39,40)20-12-18(13-21(14-20)46(30,31,32,33)34)29-43-26(5,6)27(7,8)44-29/h9-14H,15H2,1-8H3,(H,35,38)(H,36,37). The van der Waals surface area contributed by atoms with E-state index in [1.807, 2.05) is 0 Å². The summed E-state index contributed by atoms with van der Waals surface area (Å²) in [6.45, 7) is 12.2. The number of carbonyl (C=O) groups is 2. The maximum atomic E-state index is 14.2. The molecule has 2 heterocycles. The average molecular weight is 697 g/mol. The summed E-state index contributed by atoms with van der Waals surface area (Å²) >= 11 is 0. The first kappa shape index (κ1) is 36.1. The summed E-state index contributed by atoms with van der Waals surface area (Å²) in [6, 6.07) is 3.56. The topological polar surface area (TPSA) is 137 Å².